The van der Waals surface area contributed by atoms with Crippen molar-refractivity contribution < 1.29 is 0 Å². The van der Waals surface area contributed by atoms with E-state index in [9.17, 15) is 0 Å². The molecule has 0 spiro atoms. The van der Waals surface area contributed by atoms with Crippen molar-refractivity contribution in [3.63, 3.8) is 0 Å². The van der Waals surface area contributed by atoms with Crippen LogP contribution in [0.15, 0.2) is 34.3 Å². The quantitative estimate of drug-likeness (QED) is 0.315. The van der Waals surface area contributed by atoms with E-state index >= 15 is 0 Å². The van der Waals surface area contributed by atoms with Crippen LogP contribution in [-0.4, -0.2) is 23.0 Å². The molecule has 7 heteroatoms. The molecule has 0 saturated carbocycles. The number of nitrogens with zero attached hydrogens (tertiary/aromatic N) is 2. The first-order valence-electron chi connectivity index (χ1n) is 8.19. The van der Waals surface area contributed by atoms with E-state index in [1.807, 2.05) is 65.8 Å². The molecular formula is C18H33IN6. The summed E-state index contributed by atoms with van der Waals surface area (Å²) in [5.74, 6) is 0.911. The molecule has 1 rings (SSSR count). The number of nitrogens with one attached hydrogen (secondary N) is 2. The Morgan fingerprint density at radius 2 is 1.04 bits per heavy atom. The Balaban J connectivity index is 0.00000576. The summed E-state index contributed by atoms with van der Waals surface area (Å²) in [6.45, 7) is 13.4. The molecule has 0 aliphatic carbocycles. The SMILES string of the molecule is CC(C)(C)NC(N)=NCc1ccc(CN=C(N)NC(C)(C)C)cc1.I. The van der Waals surface area contributed by atoms with E-state index in [1.165, 1.54) is 0 Å². The molecule has 6 nitrogen and oxygen atoms in total. The molecule has 6 N–H and O–H groups in total. The predicted molar refractivity (Wildman–Crippen MR) is 118 cm³/mol. The van der Waals surface area contributed by atoms with Crippen LogP contribution in [0.25, 0.3) is 0 Å². The number of guanidine groups is 2. The lowest BCUT2D eigenvalue weighted by molar-refractivity contribution is 0.507. The molecule has 25 heavy (non-hydrogen) atoms. The van der Waals surface area contributed by atoms with Crippen LogP contribution in [0.2, 0.25) is 0 Å². The molecule has 0 aliphatic heterocycles. The van der Waals surface area contributed by atoms with Crippen LogP contribution in [0.5, 0.6) is 0 Å². The zero-order valence-electron chi connectivity index (χ0n) is 16.2. The Bertz CT molecular complexity index is 526. The first-order chi connectivity index (χ1) is 10.9. The number of hydrogen-bond donors (Lipinski definition) is 4. The van der Waals surface area contributed by atoms with E-state index in [1.54, 1.807) is 0 Å². The molecule has 0 radical (unpaired) electrons. The maximum atomic E-state index is 5.87. The maximum Gasteiger partial charge on any atom is 0.189 e. The van der Waals surface area contributed by atoms with Crippen molar-refractivity contribution in [2.75, 3.05) is 0 Å². The zero-order valence-corrected chi connectivity index (χ0v) is 18.5. The lowest BCUT2D eigenvalue weighted by Crippen LogP contribution is -2.45. The number of nitrogens with two attached hydrogens (primary N) is 2. The fourth-order valence-corrected chi connectivity index (χ4v) is 1.95. The molecule has 0 fully saturated rings. The van der Waals surface area contributed by atoms with Crippen LogP contribution in [0.3, 0.4) is 0 Å². The van der Waals surface area contributed by atoms with Gasteiger partial charge in [0.2, 0.25) is 0 Å². The van der Waals surface area contributed by atoms with Crippen LogP contribution in [-0.2, 0) is 13.1 Å². The average Bonchev–Trinajstić information content (AvgIpc) is 2.40. The minimum absolute atomic E-state index is 0. The lowest BCUT2D eigenvalue weighted by atomic mass is 10.1. The minimum Gasteiger partial charge on any atom is -0.370 e. The highest BCUT2D eigenvalue weighted by Crippen LogP contribution is 2.07. The van der Waals surface area contributed by atoms with Gasteiger partial charge >= 0.3 is 0 Å². The standard InChI is InChI=1S/C18H32N6.HI/c1-17(2,3)23-15(19)21-11-13-7-9-14(10-8-13)12-22-16(20)24-18(4,5)6;/h7-10H,11-12H2,1-6H3,(H3,19,21,23)(H3,20,22,24);1H. The van der Waals surface area contributed by atoms with E-state index in [-0.39, 0.29) is 35.1 Å². The Morgan fingerprint density at radius 1 is 0.760 bits per heavy atom. The number of halogens is 1. The van der Waals surface area contributed by atoms with Gasteiger partial charge in [0.1, 0.15) is 0 Å². The van der Waals surface area contributed by atoms with E-state index < -0.39 is 0 Å². The summed E-state index contributed by atoms with van der Waals surface area (Å²) in [6.07, 6.45) is 0. The molecule has 0 unspecified atom stereocenters. The van der Waals surface area contributed by atoms with Gasteiger partial charge in [-0.05, 0) is 52.7 Å². The molecule has 0 amide bonds. The Morgan fingerprint density at radius 3 is 1.28 bits per heavy atom. The molecule has 1 aromatic carbocycles. The van der Waals surface area contributed by atoms with Gasteiger partial charge in [0, 0.05) is 11.1 Å². The zero-order chi connectivity index (χ0) is 18.4. The Labute approximate surface area is 169 Å². The van der Waals surface area contributed by atoms with Crippen LogP contribution in [0, 0.1) is 0 Å². The summed E-state index contributed by atoms with van der Waals surface area (Å²) >= 11 is 0. The summed E-state index contributed by atoms with van der Waals surface area (Å²) < 4.78 is 0. The van der Waals surface area contributed by atoms with Gasteiger partial charge in [-0.2, -0.15) is 0 Å². The first-order valence-corrected chi connectivity index (χ1v) is 8.19. The van der Waals surface area contributed by atoms with Crippen molar-refractivity contribution in [3.05, 3.63) is 35.4 Å². The summed E-state index contributed by atoms with van der Waals surface area (Å²) in [5, 5.41) is 6.28. The second-order valence-electron chi connectivity index (χ2n) is 7.97. The van der Waals surface area contributed by atoms with Crippen LogP contribution in [0.1, 0.15) is 52.7 Å². The number of aliphatic imine (C=N–C) groups is 2. The monoisotopic (exact) mass is 460 g/mol. The fraction of sp³-hybridized carbons (Fsp3) is 0.556. The van der Waals surface area contributed by atoms with E-state index in [0.29, 0.717) is 25.0 Å². The van der Waals surface area contributed by atoms with Gasteiger partial charge < -0.3 is 22.1 Å². The first kappa shape index (κ1) is 23.5. The molecule has 1 aromatic rings. The summed E-state index contributed by atoms with van der Waals surface area (Å²) in [4.78, 5) is 8.70. The van der Waals surface area contributed by atoms with Crippen LogP contribution in [0.4, 0.5) is 0 Å². The Hall–Kier alpha value is -1.51. The average molecular weight is 460 g/mol. The molecule has 0 aromatic heterocycles. The molecule has 0 atom stereocenters. The van der Waals surface area contributed by atoms with E-state index in [2.05, 4.69) is 20.6 Å². The predicted octanol–water partition coefficient (Wildman–Crippen LogP) is 2.71. The summed E-state index contributed by atoms with van der Waals surface area (Å²) in [5.41, 5.74) is 13.8. The Kier molecular flexibility index (Phi) is 9.24. The fourth-order valence-electron chi connectivity index (χ4n) is 1.95. The molecule has 0 heterocycles. The third kappa shape index (κ3) is 11.6. The highest BCUT2D eigenvalue weighted by molar-refractivity contribution is 14.0. The van der Waals surface area contributed by atoms with Gasteiger partial charge in [0.25, 0.3) is 0 Å². The lowest BCUT2D eigenvalue weighted by Gasteiger charge is -2.21. The third-order valence-corrected chi connectivity index (χ3v) is 2.89. The van der Waals surface area contributed by atoms with Gasteiger partial charge in [0.05, 0.1) is 13.1 Å². The minimum atomic E-state index is -0.0868. The largest absolute Gasteiger partial charge is 0.370 e. The normalized spacial score (nSPS) is 13.2. The third-order valence-electron chi connectivity index (χ3n) is 2.89. The highest BCUT2D eigenvalue weighted by Gasteiger charge is 2.10. The van der Waals surface area contributed by atoms with Crippen molar-refractivity contribution in [2.24, 2.45) is 21.5 Å². The number of benzene rings is 1. The smallest absolute Gasteiger partial charge is 0.189 e. The van der Waals surface area contributed by atoms with Crippen molar-refractivity contribution in [2.45, 2.75) is 65.7 Å². The van der Waals surface area contributed by atoms with Crippen LogP contribution < -0.4 is 22.1 Å². The second-order valence-corrected chi connectivity index (χ2v) is 7.97. The van der Waals surface area contributed by atoms with Gasteiger partial charge in [-0.3, -0.25) is 0 Å². The van der Waals surface area contributed by atoms with E-state index in [0.717, 1.165) is 11.1 Å². The summed E-state index contributed by atoms with van der Waals surface area (Å²) in [7, 11) is 0. The van der Waals surface area contributed by atoms with Crippen LogP contribution >= 0.6 is 24.0 Å². The van der Waals surface area contributed by atoms with E-state index in [4.69, 9.17) is 11.5 Å². The van der Waals surface area contributed by atoms with Gasteiger partial charge in [-0.1, -0.05) is 24.3 Å². The molecule has 0 bridgehead atoms. The second kappa shape index (κ2) is 9.84. The summed E-state index contributed by atoms with van der Waals surface area (Å²) in [6, 6.07) is 8.14. The van der Waals surface area contributed by atoms with Crippen molar-refractivity contribution in [3.8, 4) is 0 Å². The molecular weight excluding hydrogens is 427 g/mol. The van der Waals surface area contributed by atoms with Crippen molar-refractivity contribution in [1.29, 1.82) is 0 Å². The van der Waals surface area contributed by atoms with Gasteiger partial charge in [0.15, 0.2) is 11.9 Å². The molecule has 0 aliphatic rings. The van der Waals surface area contributed by atoms with Crippen molar-refractivity contribution in [1.82, 2.24) is 10.6 Å². The molecule has 0 saturated heterocycles. The topological polar surface area (TPSA) is 101 Å². The van der Waals surface area contributed by atoms with Gasteiger partial charge in [-0.25, -0.2) is 9.98 Å². The number of hydrogen-bond acceptors (Lipinski definition) is 2. The maximum absolute atomic E-state index is 5.87. The highest BCUT2D eigenvalue weighted by atomic mass is 127. The molecule has 142 valence electrons. The van der Waals surface area contributed by atoms with Crippen molar-refractivity contribution >= 4 is 35.9 Å². The number of rotatable bonds is 4. The van der Waals surface area contributed by atoms with Gasteiger partial charge in [-0.15, -0.1) is 24.0 Å².